The van der Waals surface area contributed by atoms with E-state index in [1.54, 1.807) is 6.07 Å². The molecule has 2 nitrogen and oxygen atoms in total. The highest BCUT2D eigenvalue weighted by Crippen LogP contribution is 2.22. The van der Waals surface area contributed by atoms with E-state index in [1.165, 1.54) is 0 Å². The second-order valence-corrected chi connectivity index (χ2v) is 2.38. The Balaban J connectivity index is 2.55. The van der Waals surface area contributed by atoms with Gasteiger partial charge in [0.15, 0.2) is 17.5 Å². The Morgan fingerprint density at radius 3 is 3.18 bits per heavy atom. The molecule has 1 heterocycles. The van der Waals surface area contributed by atoms with Crippen LogP contribution in [0.1, 0.15) is 15.9 Å². The Morgan fingerprint density at radius 1 is 1.45 bits per heavy atom. The van der Waals surface area contributed by atoms with Crippen LogP contribution in [0.25, 0.3) is 6.08 Å². The maximum absolute atomic E-state index is 10.4. The van der Waals surface area contributed by atoms with Crippen LogP contribution in [0.3, 0.4) is 0 Å². The molecule has 2 heteroatoms. The third-order valence-corrected chi connectivity index (χ3v) is 1.65. The van der Waals surface area contributed by atoms with Crippen molar-refractivity contribution < 1.29 is 4.79 Å². The van der Waals surface area contributed by atoms with Gasteiger partial charge < -0.3 is 0 Å². The summed E-state index contributed by atoms with van der Waals surface area (Å²) in [4.78, 5) is 10.4. The summed E-state index contributed by atoms with van der Waals surface area (Å²) in [6.45, 7) is 0. The van der Waals surface area contributed by atoms with Gasteiger partial charge in [0, 0.05) is 17.7 Å². The Labute approximate surface area is 64.5 Å². The number of hydrogen-bond acceptors (Lipinski definition) is 2. The molecule has 2 rings (SSSR count). The number of carbonyl (C=O) groups excluding carboxylic acids is 1. The van der Waals surface area contributed by atoms with Crippen molar-refractivity contribution in [2.45, 2.75) is 0 Å². The van der Waals surface area contributed by atoms with Crippen molar-refractivity contribution in [1.29, 1.82) is 0 Å². The van der Waals surface area contributed by atoms with Crippen LogP contribution < -0.4 is 5.32 Å². The summed E-state index contributed by atoms with van der Waals surface area (Å²) in [5.41, 5.74) is 2.73. The highest BCUT2D eigenvalue weighted by molar-refractivity contribution is 5.81. The minimum Gasteiger partial charge on any atom is -0.298 e. The minimum absolute atomic E-state index is 0.700. The van der Waals surface area contributed by atoms with Crippen LogP contribution in [0.15, 0.2) is 18.2 Å². The van der Waals surface area contributed by atoms with Crippen LogP contribution >= 0.6 is 0 Å². The summed E-state index contributed by atoms with van der Waals surface area (Å²) >= 11 is 0. The fourth-order valence-corrected chi connectivity index (χ4v) is 1.08. The Morgan fingerprint density at radius 2 is 2.36 bits per heavy atom. The molecule has 0 unspecified atom stereocenters. The van der Waals surface area contributed by atoms with Crippen LogP contribution in [0.4, 0.5) is 5.69 Å². The number of fused-ring (bicyclic) bond motifs is 1. The molecule has 0 bridgehead atoms. The van der Waals surface area contributed by atoms with E-state index < -0.39 is 0 Å². The molecule has 11 heavy (non-hydrogen) atoms. The monoisotopic (exact) mass is 144 g/mol. The third kappa shape index (κ3) is 0.896. The molecule has 0 radical (unpaired) electrons. The zero-order valence-corrected chi connectivity index (χ0v) is 5.79. The SMILES string of the molecule is O=Cc1ccc2c(c1)C=[C+]N2. The predicted octanol–water partition coefficient (Wildman–Crippen LogP) is 1.70. The first-order chi connectivity index (χ1) is 5.40. The standard InChI is InChI=1S/C9H5NO/c11-6-7-1-2-9-8(5-7)3-4-10-9/h1-3,5-6H/p+1. The Kier molecular flexibility index (Phi) is 1.21. The van der Waals surface area contributed by atoms with Gasteiger partial charge >= 0.3 is 0 Å². The van der Waals surface area contributed by atoms with Crippen molar-refractivity contribution in [3.05, 3.63) is 35.5 Å². The molecule has 1 aliphatic heterocycles. The van der Waals surface area contributed by atoms with Crippen molar-refractivity contribution in [2.75, 3.05) is 5.32 Å². The minimum atomic E-state index is 0.700. The van der Waals surface area contributed by atoms with Crippen molar-refractivity contribution in [2.24, 2.45) is 0 Å². The molecule has 52 valence electrons. The second-order valence-electron chi connectivity index (χ2n) is 2.38. The van der Waals surface area contributed by atoms with Crippen molar-refractivity contribution in [3.63, 3.8) is 0 Å². The zero-order chi connectivity index (χ0) is 7.68. The fourth-order valence-electron chi connectivity index (χ4n) is 1.08. The number of anilines is 1. The quantitative estimate of drug-likeness (QED) is 0.480. The maximum atomic E-state index is 10.4. The summed E-state index contributed by atoms with van der Waals surface area (Å²) in [6.07, 6.45) is 5.51. The van der Waals surface area contributed by atoms with Gasteiger partial charge in [0.25, 0.3) is 0 Å². The molecule has 1 aromatic rings. The lowest BCUT2D eigenvalue weighted by Crippen LogP contribution is -1.85. The predicted molar refractivity (Wildman–Crippen MR) is 43.2 cm³/mol. The van der Waals surface area contributed by atoms with E-state index in [2.05, 4.69) is 11.5 Å². The van der Waals surface area contributed by atoms with Crippen LogP contribution in [0.5, 0.6) is 0 Å². The molecule has 0 saturated carbocycles. The molecular formula is C9H6NO+. The molecule has 0 saturated heterocycles. The smallest absolute Gasteiger partial charge is 0.198 e. The number of benzene rings is 1. The zero-order valence-electron chi connectivity index (χ0n) is 5.79. The maximum Gasteiger partial charge on any atom is 0.198 e. The summed E-state index contributed by atoms with van der Waals surface area (Å²) in [5.74, 6) is 0. The molecule has 1 aliphatic rings. The molecule has 1 N–H and O–H groups in total. The lowest BCUT2D eigenvalue weighted by molar-refractivity contribution is 0.112. The molecule has 0 aromatic heterocycles. The van der Waals surface area contributed by atoms with Gasteiger partial charge in [-0.3, -0.25) is 4.79 Å². The van der Waals surface area contributed by atoms with E-state index in [0.717, 1.165) is 17.5 Å². The average molecular weight is 144 g/mol. The van der Waals surface area contributed by atoms with Crippen molar-refractivity contribution >= 4 is 18.0 Å². The van der Waals surface area contributed by atoms with Crippen LogP contribution in [-0.2, 0) is 0 Å². The second kappa shape index (κ2) is 2.19. The number of nitrogens with one attached hydrogen (secondary N) is 1. The first-order valence-electron chi connectivity index (χ1n) is 3.34. The highest BCUT2D eigenvalue weighted by atomic mass is 16.1. The lowest BCUT2D eigenvalue weighted by Gasteiger charge is -1.88. The van der Waals surface area contributed by atoms with Crippen molar-refractivity contribution in [3.8, 4) is 0 Å². The van der Waals surface area contributed by atoms with E-state index in [-0.39, 0.29) is 0 Å². The number of carbonyl (C=O) groups is 1. The first-order valence-corrected chi connectivity index (χ1v) is 3.34. The summed E-state index contributed by atoms with van der Waals surface area (Å²) < 4.78 is 0. The molecular weight excluding hydrogens is 138 g/mol. The third-order valence-electron chi connectivity index (χ3n) is 1.65. The number of aldehydes is 1. The van der Waals surface area contributed by atoms with Crippen LogP contribution in [0.2, 0.25) is 0 Å². The number of rotatable bonds is 1. The van der Waals surface area contributed by atoms with Crippen LogP contribution in [0, 0.1) is 6.20 Å². The molecule has 0 atom stereocenters. The van der Waals surface area contributed by atoms with Gasteiger partial charge in [-0.15, -0.1) is 0 Å². The molecule has 0 spiro atoms. The van der Waals surface area contributed by atoms with Gasteiger partial charge in [-0.2, -0.15) is 5.32 Å². The number of hydrogen-bond donors (Lipinski definition) is 1. The van der Waals surface area contributed by atoms with E-state index in [1.807, 2.05) is 18.2 Å². The van der Waals surface area contributed by atoms with Gasteiger partial charge in [0.05, 0.1) is 0 Å². The average Bonchev–Trinajstić information content (AvgIpc) is 2.50. The van der Waals surface area contributed by atoms with Gasteiger partial charge in [0.1, 0.15) is 12.3 Å². The van der Waals surface area contributed by atoms with Gasteiger partial charge in [-0.1, -0.05) is 0 Å². The molecule has 0 fully saturated rings. The lowest BCUT2D eigenvalue weighted by atomic mass is 10.1. The first kappa shape index (κ1) is 6.08. The normalized spacial score (nSPS) is 11.6. The van der Waals surface area contributed by atoms with Gasteiger partial charge in [-0.05, 0) is 6.07 Å². The summed E-state index contributed by atoms with van der Waals surface area (Å²) in [6, 6.07) is 5.48. The van der Waals surface area contributed by atoms with E-state index >= 15 is 0 Å². The molecule has 0 amide bonds. The van der Waals surface area contributed by atoms with E-state index in [4.69, 9.17) is 0 Å². The van der Waals surface area contributed by atoms with E-state index in [9.17, 15) is 4.79 Å². The molecule has 1 aromatic carbocycles. The summed E-state index contributed by atoms with van der Waals surface area (Å²) in [5, 5.41) is 2.93. The summed E-state index contributed by atoms with van der Waals surface area (Å²) in [7, 11) is 0. The van der Waals surface area contributed by atoms with Gasteiger partial charge in [0.2, 0.25) is 0 Å². The largest absolute Gasteiger partial charge is 0.298 e. The topological polar surface area (TPSA) is 29.1 Å². The Bertz CT molecular complexity index is 328. The fraction of sp³-hybridized carbons (Fsp3) is 0. The Hall–Kier alpha value is -1.66. The highest BCUT2D eigenvalue weighted by Gasteiger charge is 2.15. The molecule has 0 aliphatic carbocycles. The van der Waals surface area contributed by atoms with Crippen molar-refractivity contribution in [1.82, 2.24) is 0 Å². The van der Waals surface area contributed by atoms with Gasteiger partial charge in [-0.25, -0.2) is 0 Å². The van der Waals surface area contributed by atoms with E-state index in [0.29, 0.717) is 5.56 Å². The van der Waals surface area contributed by atoms with Crippen LogP contribution in [-0.4, -0.2) is 6.29 Å².